The van der Waals surface area contributed by atoms with Gasteiger partial charge in [0.15, 0.2) is 0 Å². The lowest BCUT2D eigenvalue weighted by Crippen LogP contribution is -2.47. The topological polar surface area (TPSA) is 105 Å². The molecular formula is C20H39NO8. The van der Waals surface area contributed by atoms with Gasteiger partial charge < -0.3 is 38.8 Å². The van der Waals surface area contributed by atoms with Crippen LogP contribution in [0.2, 0.25) is 0 Å². The van der Waals surface area contributed by atoms with E-state index < -0.39 is 5.60 Å². The average molecular weight is 422 g/mol. The van der Waals surface area contributed by atoms with Gasteiger partial charge in [-0.15, -0.1) is 0 Å². The second-order valence-corrected chi connectivity index (χ2v) is 7.93. The molecule has 29 heavy (non-hydrogen) atoms. The van der Waals surface area contributed by atoms with Gasteiger partial charge in [-0.3, -0.25) is 0 Å². The van der Waals surface area contributed by atoms with Crippen LogP contribution in [0.4, 0.5) is 4.79 Å². The molecule has 0 bridgehead atoms. The number of aliphatic hydroxyl groups excluding tert-OH is 1. The maximum absolute atomic E-state index is 11.7. The molecule has 1 rings (SSSR count). The van der Waals surface area contributed by atoms with Gasteiger partial charge in [0.25, 0.3) is 0 Å². The molecule has 0 saturated heterocycles. The van der Waals surface area contributed by atoms with Crippen molar-refractivity contribution in [2.45, 2.75) is 45.3 Å². The quantitative estimate of drug-likeness (QED) is 0.339. The van der Waals surface area contributed by atoms with Crippen molar-refractivity contribution >= 4 is 6.09 Å². The van der Waals surface area contributed by atoms with E-state index in [0.29, 0.717) is 72.0 Å². The zero-order valence-electron chi connectivity index (χ0n) is 18.2. The minimum atomic E-state index is -0.467. The lowest BCUT2D eigenvalue weighted by molar-refractivity contribution is -0.0197. The first-order valence-electron chi connectivity index (χ1n) is 10.4. The highest BCUT2D eigenvalue weighted by molar-refractivity contribution is 5.68. The third-order valence-electron chi connectivity index (χ3n) is 4.03. The summed E-state index contributed by atoms with van der Waals surface area (Å²) in [6.07, 6.45) is 1.49. The fourth-order valence-electron chi connectivity index (χ4n) is 2.66. The number of amides is 1. The van der Waals surface area contributed by atoms with Gasteiger partial charge in [0, 0.05) is 12.6 Å². The molecule has 0 aromatic heterocycles. The zero-order valence-corrected chi connectivity index (χ0v) is 18.2. The molecule has 1 saturated carbocycles. The van der Waals surface area contributed by atoms with Crippen LogP contribution < -0.4 is 5.32 Å². The van der Waals surface area contributed by atoms with Crippen molar-refractivity contribution in [2.75, 3.05) is 72.7 Å². The lowest BCUT2D eigenvalue weighted by Gasteiger charge is -2.35. The first-order valence-corrected chi connectivity index (χ1v) is 10.4. The molecule has 172 valence electrons. The van der Waals surface area contributed by atoms with Crippen LogP contribution in [0.3, 0.4) is 0 Å². The number of aliphatic hydroxyl groups is 1. The summed E-state index contributed by atoms with van der Waals surface area (Å²) in [5.74, 6) is 0.479. The molecule has 0 atom stereocenters. The Morgan fingerprint density at radius 3 is 1.72 bits per heavy atom. The summed E-state index contributed by atoms with van der Waals surface area (Å²) >= 11 is 0. The molecule has 2 N–H and O–H groups in total. The number of rotatable bonds is 17. The van der Waals surface area contributed by atoms with Crippen LogP contribution in [0.25, 0.3) is 0 Å². The van der Waals surface area contributed by atoms with Gasteiger partial charge in [0.2, 0.25) is 0 Å². The van der Waals surface area contributed by atoms with Crippen molar-refractivity contribution in [3.05, 3.63) is 0 Å². The van der Waals surface area contributed by atoms with Crippen molar-refractivity contribution in [3.63, 3.8) is 0 Å². The molecular weight excluding hydrogens is 382 g/mol. The Labute approximate surface area is 174 Å². The first-order chi connectivity index (χ1) is 13.9. The van der Waals surface area contributed by atoms with E-state index in [4.69, 9.17) is 33.5 Å². The van der Waals surface area contributed by atoms with Crippen molar-refractivity contribution < 1.29 is 38.3 Å². The molecule has 1 aliphatic rings. The standard InChI is InChI=1S/C20H39NO8/c1-20(2,3)29-19(23)21-18-14-17(15-18)16-28-13-12-27-11-10-26-9-8-25-7-6-24-5-4-22/h17-18,22H,4-16H2,1-3H3,(H,21,23). The van der Waals surface area contributed by atoms with Crippen molar-refractivity contribution in [3.8, 4) is 0 Å². The maximum atomic E-state index is 11.7. The molecule has 0 aliphatic heterocycles. The number of carbonyl (C=O) groups is 1. The summed E-state index contributed by atoms with van der Waals surface area (Å²) < 4.78 is 32.1. The van der Waals surface area contributed by atoms with Crippen molar-refractivity contribution in [2.24, 2.45) is 5.92 Å². The smallest absolute Gasteiger partial charge is 0.407 e. The van der Waals surface area contributed by atoms with E-state index >= 15 is 0 Å². The normalized spacial score (nSPS) is 19.0. The Hall–Kier alpha value is -0.970. The highest BCUT2D eigenvalue weighted by Crippen LogP contribution is 2.27. The van der Waals surface area contributed by atoms with E-state index in [1.54, 1.807) is 0 Å². The van der Waals surface area contributed by atoms with Crippen LogP contribution in [0.1, 0.15) is 33.6 Å². The average Bonchev–Trinajstić information content (AvgIpc) is 2.60. The van der Waals surface area contributed by atoms with Crippen LogP contribution in [-0.4, -0.2) is 95.5 Å². The molecule has 0 unspecified atom stereocenters. The minimum absolute atomic E-state index is 0.0303. The van der Waals surface area contributed by atoms with E-state index in [1.807, 2.05) is 20.8 Å². The number of alkyl carbamates (subject to hydrolysis) is 1. The number of nitrogens with one attached hydrogen (secondary N) is 1. The highest BCUT2D eigenvalue weighted by atomic mass is 16.6. The number of ether oxygens (including phenoxy) is 6. The zero-order chi connectivity index (χ0) is 21.4. The third kappa shape index (κ3) is 15.5. The van der Waals surface area contributed by atoms with E-state index in [9.17, 15) is 4.79 Å². The van der Waals surface area contributed by atoms with E-state index in [-0.39, 0.29) is 18.7 Å². The number of hydrogen-bond donors (Lipinski definition) is 2. The number of carbonyl (C=O) groups excluding carboxylic acids is 1. The third-order valence-corrected chi connectivity index (χ3v) is 4.03. The fraction of sp³-hybridized carbons (Fsp3) is 0.950. The van der Waals surface area contributed by atoms with Crippen LogP contribution in [-0.2, 0) is 28.4 Å². The fourth-order valence-corrected chi connectivity index (χ4v) is 2.66. The minimum Gasteiger partial charge on any atom is -0.444 e. The predicted octanol–water partition coefficient (Wildman–Crippen LogP) is 1.37. The summed E-state index contributed by atoms with van der Waals surface area (Å²) in [6, 6.07) is 0.184. The lowest BCUT2D eigenvalue weighted by atomic mass is 9.81. The van der Waals surface area contributed by atoms with Crippen molar-refractivity contribution in [1.29, 1.82) is 0 Å². The van der Waals surface area contributed by atoms with E-state index in [1.165, 1.54) is 0 Å². The van der Waals surface area contributed by atoms with Gasteiger partial charge in [0.05, 0.1) is 66.1 Å². The van der Waals surface area contributed by atoms with Crippen LogP contribution in [0, 0.1) is 5.92 Å². The Kier molecular flexibility index (Phi) is 14.2. The molecule has 0 aromatic carbocycles. The maximum Gasteiger partial charge on any atom is 0.407 e. The van der Waals surface area contributed by atoms with Gasteiger partial charge in [-0.25, -0.2) is 4.79 Å². The predicted molar refractivity (Wildman–Crippen MR) is 107 cm³/mol. The largest absolute Gasteiger partial charge is 0.444 e. The Balaban J connectivity index is 1.77. The summed E-state index contributed by atoms with van der Waals surface area (Å²) in [4.78, 5) is 11.7. The molecule has 0 aromatic rings. The first kappa shape index (κ1) is 26.1. The van der Waals surface area contributed by atoms with Gasteiger partial charge >= 0.3 is 6.09 Å². The Morgan fingerprint density at radius 2 is 1.28 bits per heavy atom. The summed E-state index contributed by atoms with van der Waals surface area (Å²) in [5.41, 5.74) is -0.467. The summed E-state index contributed by atoms with van der Waals surface area (Å²) in [6.45, 7) is 10.7. The second kappa shape index (κ2) is 15.8. The van der Waals surface area contributed by atoms with E-state index in [0.717, 1.165) is 12.8 Å². The van der Waals surface area contributed by atoms with Gasteiger partial charge in [-0.1, -0.05) is 0 Å². The molecule has 1 amide bonds. The monoisotopic (exact) mass is 421 g/mol. The van der Waals surface area contributed by atoms with Crippen LogP contribution >= 0.6 is 0 Å². The molecule has 0 spiro atoms. The van der Waals surface area contributed by atoms with Gasteiger partial charge in [-0.2, -0.15) is 0 Å². The van der Waals surface area contributed by atoms with Crippen molar-refractivity contribution in [1.82, 2.24) is 5.32 Å². The molecule has 9 heteroatoms. The molecule has 0 heterocycles. The summed E-state index contributed by atoms with van der Waals surface area (Å²) in [5, 5.41) is 11.4. The van der Waals surface area contributed by atoms with Gasteiger partial charge in [0.1, 0.15) is 5.60 Å². The molecule has 1 fully saturated rings. The summed E-state index contributed by atoms with van der Waals surface area (Å²) in [7, 11) is 0. The molecule has 0 radical (unpaired) electrons. The number of hydrogen-bond acceptors (Lipinski definition) is 8. The SMILES string of the molecule is CC(C)(C)OC(=O)NC1CC(COCCOCCOCCOCCOCCO)C1. The highest BCUT2D eigenvalue weighted by Gasteiger charge is 2.31. The van der Waals surface area contributed by atoms with Gasteiger partial charge in [-0.05, 0) is 39.5 Å². The Bertz CT molecular complexity index is 410. The Morgan fingerprint density at radius 1 is 0.828 bits per heavy atom. The molecule has 1 aliphatic carbocycles. The second-order valence-electron chi connectivity index (χ2n) is 7.93. The van der Waals surface area contributed by atoms with Crippen LogP contribution in [0.5, 0.6) is 0 Å². The van der Waals surface area contributed by atoms with Crippen LogP contribution in [0.15, 0.2) is 0 Å². The van der Waals surface area contributed by atoms with E-state index in [2.05, 4.69) is 5.32 Å². The molecule has 9 nitrogen and oxygen atoms in total.